The smallest absolute Gasteiger partial charge is 0.179 e. The number of benzene rings is 18. The molecule has 6 heteroatoms. The summed E-state index contributed by atoms with van der Waals surface area (Å²) in [7, 11) is -5.77. The third-order valence-corrected chi connectivity index (χ3v) is 33.1. The van der Waals surface area contributed by atoms with Crippen LogP contribution in [0.15, 0.2) is 409 Å². The van der Waals surface area contributed by atoms with E-state index >= 15 is 0 Å². The van der Waals surface area contributed by atoms with E-state index < -0.39 is 16.1 Å². The van der Waals surface area contributed by atoms with Crippen LogP contribution < -0.4 is 51.3 Å². The fourth-order valence-electron chi connectivity index (χ4n) is 18.5. The largest absolute Gasteiger partial charge is 0.456 e. The minimum Gasteiger partial charge on any atom is -0.456 e. The fraction of sp³-hybridized carbons (Fsp3) is 0.0566. The van der Waals surface area contributed by atoms with Crippen LogP contribution in [-0.2, 0) is 0 Å². The topological polar surface area (TPSA) is 32.8 Å². The van der Waals surface area contributed by atoms with Gasteiger partial charge in [0.15, 0.2) is 16.1 Å². The van der Waals surface area contributed by atoms with Crippen molar-refractivity contribution in [3.8, 4) is 22.3 Å². The van der Waals surface area contributed by atoms with Gasteiger partial charge >= 0.3 is 0 Å². The van der Waals surface area contributed by atoms with Gasteiger partial charge in [0, 0.05) is 67.2 Å². The highest BCUT2D eigenvalue weighted by Crippen LogP contribution is 2.52. The first-order valence-corrected chi connectivity index (χ1v) is 43.2. The van der Waals surface area contributed by atoms with Crippen LogP contribution in [-0.4, -0.2) is 16.1 Å². The highest BCUT2D eigenvalue weighted by Gasteiger charge is 2.43. The molecular formula is C106H80N2O2Si2. The summed E-state index contributed by atoms with van der Waals surface area (Å²) >= 11 is 0. The summed E-state index contributed by atoms with van der Waals surface area (Å²) in [5.41, 5.74) is 16.8. The third kappa shape index (κ3) is 11.2. The van der Waals surface area contributed by atoms with E-state index in [0.717, 1.165) is 111 Å². The van der Waals surface area contributed by atoms with Crippen molar-refractivity contribution < 1.29 is 8.83 Å². The molecule has 0 unspecified atom stereocenters. The molecule has 0 atom stereocenters. The number of furan rings is 2. The lowest BCUT2D eigenvalue weighted by atomic mass is 9.84. The molecule has 0 saturated heterocycles. The number of nitrogens with zero attached hydrogens (tertiary/aromatic N) is 2. The molecule has 2 aromatic heterocycles. The zero-order valence-electron chi connectivity index (χ0n) is 63.0. The van der Waals surface area contributed by atoms with Gasteiger partial charge in [-0.15, -0.1) is 0 Å². The van der Waals surface area contributed by atoms with E-state index in [4.69, 9.17) is 8.83 Å². The van der Waals surface area contributed by atoms with Crippen LogP contribution in [0.1, 0.15) is 50.7 Å². The van der Waals surface area contributed by atoms with Crippen molar-refractivity contribution >= 4 is 168 Å². The van der Waals surface area contributed by atoms with Gasteiger partial charge in [-0.3, -0.25) is 0 Å². The van der Waals surface area contributed by atoms with Crippen molar-refractivity contribution in [1.82, 2.24) is 0 Å². The molecule has 20 aromatic rings. The predicted octanol–water partition coefficient (Wildman–Crippen LogP) is 23.7. The van der Waals surface area contributed by atoms with Crippen LogP contribution in [0.5, 0.6) is 0 Å². The number of rotatable bonds is 18. The second kappa shape index (κ2) is 27.9. The maximum Gasteiger partial charge on any atom is 0.179 e. The Labute approximate surface area is 655 Å². The van der Waals surface area contributed by atoms with E-state index in [2.05, 4.69) is 438 Å². The standard InChI is InChI=1S/C106H80N2O2Si2/c1-71(2)97-69-99(107(79-55-57-91-89-51-23-25-53-101(89)109-103(91)67-79)77-35-27-31-73(63-77)75-33-29-49-87(65-75)111(81-37-11-5-12-38-81,82-39-13-6-14-40-82)83-41-15-7-16-42-83)95-62-60-94-98(72(3)4)70-100(96-61-59-93(97)105(95)106(94)96)108(80-56-58-92-90-52-24-26-54-102(90)110-104(92)68-80)78-36-28-32-74(64-78)76-34-30-50-88(66-76)112(84-43-17-8-18-44-84,85-45-19-9-20-46-85)86-47-21-10-22-48-86/h5-72H,1-4H3. The van der Waals surface area contributed by atoms with E-state index in [0.29, 0.717) is 0 Å². The van der Waals surface area contributed by atoms with Crippen LogP contribution in [0.2, 0.25) is 0 Å². The molecule has 112 heavy (non-hydrogen) atoms. The average Bonchev–Trinajstić information content (AvgIpc) is 0.857. The Morgan fingerprint density at radius 2 is 0.473 bits per heavy atom. The van der Waals surface area contributed by atoms with E-state index in [1.807, 2.05) is 0 Å². The van der Waals surface area contributed by atoms with Gasteiger partial charge in [-0.25, -0.2) is 0 Å². The molecule has 20 rings (SSSR count). The molecule has 534 valence electrons. The number of anilines is 6. The molecule has 4 nitrogen and oxygen atoms in total. The Morgan fingerprint density at radius 1 is 0.205 bits per heavy atom. The molecule has 0 bridgehead atoms. The van der Waals surface area contributed by atoms with Gasteiger partial charge in [-0.2, -0.15) is 0 Å². The third-order valence-electron chi connectivity index (χ3n) is 23.6. The van der Waals surface area contributed by atoms with Crippen molar-refractivity contribution in [3.05, 3.63) is 412 Å². The lowest BCUT2D eigenvalue weighted by molar-refractivity contribution is 0.668. The Kier molecular flexibility index (Phi) is 17.0. The van der Waals surface area contributed by atoms with Crippen LogP contribution >= 0.6 is 0 Å². The van der Waals surface area contributed by atoms with Gasteiger partial charge < -0.3 is 18.6 Å². The van der Waals surface area contributed by atoms with Gasteiger partial charge in [-0.1, -0.05) is 343 Å². The lowest BCUT2D eigenvalue weighted by Crippen LogP contribution is -2.74. The van der Waals surface area contributed by atoms with Crippen LogP contribution in [0.3, 0.4) is 0 Å². The molecule has 2 heterocycles. The molecule has 0 saturated carbocycles. The molecule has 0 amide bonds. The monoisotopic (exact) mass is 1470 g/mol. The summed E-state index contributed by atoms with van der Waals surface area (Å²) in [5, 5.41) is 22.3. The fourth-order valence-corrected chi connectivity index (χ4v) is 28.1. The molecule has 0 aliphatic carbocycles. The Balaban J connectivity index is 0.806. The summed E-state index contributed by atoms with van der Waals surface area (Å²) in [5.74, 6) is 0.303. The van der Waals surface area contributed by atoms with Crippen molar-refractivity contribution in [2.45, 2.75) is 39.5 Å². The number of hydrogen-bond donors (Lipinski definition) is 0. The van der Waals surface area contributed by atoms with Crippen molar-refractivity contribution in [2.75, 3.05) is 9.80 Å². The number of fused-ring (bicyclic) bond motifs is 6. The summed E-state index contributed by atoms with van der Waals surface area (Å²) in [6.07, 6.45) is 0. The van der Waals surface area contributed by atoms with Crippen LogP contribution in [0.4, 0.5) is 34.1 Å². The molecule has 18 aromatic carbocycles. The Hall–Kier alpha value is -13.4. The normalized spacial score (nSPS) is 12.1. The first-order chi connectivity index (χ1) is 55.2. The lowest BCUT2D eigenvalue weighted by Gasteiger charge is -2.34. The van der Waals surface area contributed by atoms with Crippen LogP contribution in [0, 0.1) is 0 Å². The molecular weight excluding hydrogens is 1390 g/mol. The zero-order valence-corrected chi connectivity index (χ0v) is 65.0. The van der Waals surface area contributed by atoms with Gasteiger partial charge in [0.1, 0.15) is 22.3 Å². The minimum absolute atomic E-state index is 0.151. The summed E-state index contributed by atoms with van der Waals surface area (Å²) in [4.78, 5) is 5.03. The number of para-hydroxylation sites is 2. The highest BCUT2D eigenvalue weighted by molar-refractivity contribution is 7.20. The molecule has 0 aliphatic rings. The SMILES string of the molecule is CC(C)c1cc(N(c2cccc(-c3cccc([Si](c4ccccc4)(c4ccccc4)c4ccccc4)c3)c2)c2ccc3c(c2)oc2ccccc23)c2ccc3c(C(C)C)cc(N(c4cccc(-c5cccc([Si](c6ccccc6)(c6ccccc6)c6ccccc6)c5)c4)c4ccc5c(c4)oc4ccccc45)c4ccc1c2c34. The molecule has 0 aliphatic heterocycles. The summed E-state index contributed by atoms with van der Waals surface area (Å²) < 4.78 is 13.7. The maximum absolute atomic E-state index is 6.86. The second-order valence-corrected chi connectivity index (χ2v) is 38.2. The quantitative estimate of drug-likeness (QED) is 0.0487. The molecule has 0 N–H and O–H groups in total. The molecule has 0 fully saturated rings. The van der Waals surface area contributed by atoms with Gasteiger partial charge in [0.25, 0.3) is 0 Å². The number of hydrogen-bond acceptors (Lipinski definition) is 4. The van der Waals surface area contributed by atoms with Crippen molar-refractivity contribution in [2.24, 2.45) is 0 Å². The van der Waals surface area contributed by atoms with E-state index in [1.165, 1.54) is 74.2 Å². The zero-order chi connectivity index (χ0) is 75.0. The highest BCUT2D eigenvalue weighted by atomic mass is 28.3. The van der Waals surface area contributed by atoms with Gasteiger partial charge in [0.2, 0.25) is 0 Å². The predicted molar refractivity (Wildman–Crippen MR) is 480 cm³/mol. The summed E-state index contributed by atoms with van der Waals surface area (Å²) in [6, 6.07) is 150. The van der Waals surface area contributed by atoms with E-state index in [1.54, 1.807) is 0 Å². The first kappa shape index (κ1) is 67.9. The average molecular weight is 1470 g/mol. The van der Waals surface area contributed by atoms with Gasteiger partial charge in [0.05, 0.1) is 11.4 Å². The maximum atomic E-state index is 6.86. The van der Waals surface area contributed by atoms with Gasteiger partial charge in [-0.05, 0) is 181 Å². The van der Waals surface area contributed by atoms with E-state index in [9.17, 15) is 0 Å². The van der Waals surface area contributed by atoms with Crippen LogP contribution in [0.25, 0.3) is 98.4 Å². The minimum atomic E-state index is -2.89. The second-order valence-electron chi connectivity index (χ2n) is 30.5. The van der Waals surface area contributed by atoms with E-state index in [-0.39, 0.29) is 11.8 Å². The Morgan fingerprint density at radius 3 is 0.812 bits per heavy atom. The van der Waals surface area contributed by atoms with Crippen molar-refractivity contribution in [3.63, 3.8) is 0 Å². The summed E-state index contributed by atoms with van der Waals surface area (Å²) in [6.45, 7) is 9.42. The Bertz CT molecular complexity index is 6290. The molecule has 0 spiro atoms. The van der Waals surface area contributed by atoms with Crippen molar-refractivity contribution in [1.29, 1.82) is 0 Å². The molecule has 0 radical (unpaired) electrons. The first-order valence-electron chi connectivity index (χ1n) is 39.2.